The largest absolute Gasteiger partial charge is 0.469 e. The van der Waals surface area contributed by atoms with Crippen LogP contribution in [-0.4, -0.2) is 48.5 Å². The van der Waals surface area contributed by atoms with Crippen molar-refractivity contribution >= 4 is 23.6 Å². The fraction of sp³-hybridized carbons (Fsp3) is 0.818. The van der Waals surface area contributed by atoms with Crippen LogP contribution < -0.4 is 0 Å². The Labute approximate surface area is 99.7 Å². The van der Waals surface area contributed by atoms with Crippen molar-refractivity contribution in [3.8, 4) is 0 Å². The molecule has 0 radical (unpaired) electrons. The van der Waals surface area contributed by atoms with Gasteiger partial charge in [-0.15, -0.1) is 0 Å². The molecule has 90 valence electrons. The molecule has 2 atom stereocenters. The van der Waals surface area contributed by atoms with Gasteiger partial charge in [-0.2, -0.15) is 11.8 Å². The van der Waals surface area contributed by atoms with Crippen molar-refractivity contribution < 1.29 is 14.3 Å². The third kappa shape index (κ3) is 2.34. The molecule has 0 N–H and O–H groups in total. The summed E-state index contributed by atoms with van der Waals surface area (Å²) >= 11 is 1.84. The molecular weight excluding hydrogens is 226 g/mol. The maximum atomic E-state index is 12.1. The van der Waals surface area contributed by atoms with E-state index in [1.165, 1.54) is 7.11 Å². The molecule has 0 aromatic rings. The van der Waals surface area contributed by atoms with E-state index < -0.39 is 0 Å². The van der Waals surface area contributed by atoms with Crippen LogP contribution in [0.4, 0.5) is 0 Å². The number of methoxy groups -OCH3 is 1. The Balaban J connectivity index is 1.87. The standard InChI is InChI=1S/C11H17NO3S/c1-15-11(14)8-2-4-12(6-8)10(13)9-3-5-16-7-9/h8-9H,2-7H2,1H3. The molecule has 5 heteroatoms. The van der Waals surface area contributed by atoms with Crippen molar-refractivity contribution in [3.05, 3.63) is 0 Å². The summed E-state index contributed by atoms with van der Waals surface area (Å²) in [5.74, 6) is 2.15. The van der Waals surface area contributed by atoms with Gasteiger partial charge in [0.25, 0.3) is 0 Å². The first-order valence-corrected chi connectivity index (χ1v) is 6.82. The van der Waals surface area contributed by atoms with Crippen molar-refractivity contribution in [2.75, 3.05) is 31.7 Å². The summed E-state index contributed by atoms with van der Waals surface area (Å²) in [6.07, 6.45) is 1.74. The van der Waals surface area contributed by atoms with E-state index in [1.807, 2.05) is 16.7 Å². The van der Waals surface area contributed by atoms with Crippen LogP contribution in [0.25, 0.3) is 0 Å². The number of hydrogen-bond acceptors (Lipinski definition) is 4. The summed E-state index contributed by atoms with van der Waals surface area (Å²) in [7, 11) is 1.40. The Morgan fingerprint density at radius 3 is 2.75 bits per heavy atom. The molecule has 0 aromatic carbocycles. The van der Waals surface area contributed by atoms with Crippen LogP contribution in [0.5, 0.6) is 0 Å². The first-order chi connectivity index (χ1) is 7.72. The zero-order valence-electron chi connectivity index (χ0n) is 9.48. The molecule has 2 saturated heterocycles. The lowest BCUT2D eigenvalue weighted by molar-refractivity contribution is -0.145. The van der Waals surface area contributed by atoms with Crippen molar-refractivity contribution in [2.24, 2.45) is 11.8 Å². The molecule has 2 fully saturated rings. The SMILES string of the molecule is COC(=O)C1CCN(C(=O)C2CCSC2)C1. The monoisotopic (exact) mass is 243 g/mol. The quantitative estimate of drug-likeness (QED) is 0.672. The number of likely N-dealkylation sites (tertiary alicyclic amines) is 1. The number of carbonyl (C=O) groups is 2. The maximum Gasteiger partial charge on any atom is 0.310 e. The highest BCUT2D eigenvalue weighted by atomic mass is 32.2. The lowest BCUT2D eigenvalue weighted by Crippen LogP contribution is -2.35. The van der Waals surface area contributed by atoms with Gasteiger partial charge in [-0.3, -0.25) is 9.59 Å². The molecule has 0 bridgehead atoms. The zero-order chi connectivity index (χ0) is 11.5. The highest BCUT2D eigenvalue weighted by Gasteiger charge is 2.35. The molecule has 1 amide bonds. The normalized spacial score (nSPS) is 29.4. The second kappa shape index (κ2) is 5.08. The minimum Gasteiger partial charge on any atom is -0.469 e. The number of amides is 1. The third-order valence-corrected chi connectivity index (χ3v) is 4.48. The molecule has 0 spiro atoms. The van der Waals surface area contributed by atoms with Gasteiger partial charge in [0.2, 0.25) is 5.91 Å². The van der Waals surface area contributed by atoms with Crippen LogP contribution in [0.15, 0.2) is 0 Å². The van der Waals surface area contributed by atoms with Crippen LogP contribution in [-0.2, 0) is 14.3 Å². The summed E-state index contributed by atoms with van der Waals surface area (Å²) < 4.78 is 4.71. The van der Waals surface area contributed by atoms with Gasteiger partial charge in [-0.25, -0.2) is 0 Å². The minimum atomic E-state index is -0.184. The predicted molar refractivity (Wildman–Crippen MR) is 62.1 cm³/mol. The molecule has 2 rings (SSSR count). The number of thioether (sulfide) groups is 1. The van der Waals surface area contributed by atoms with E-state index >= 15 is 0 Å². The number of ether oxygens (including phenoxy) is 1. The lowest BCUT2D eigenvalue weighted by atomic mass is 10.1. The second-order valence-electron chi connectivity index (χ2n) is 4.35. The smallest absolute Gasteiger partial charge is 0.310 e. The van der Waals surface area contributed by atoms with E-state index in [0.29, 0.717) is 13.1 Å². The molecular formula is C11H17NO3S. The molecule has 16 heavy (non-hydrogen) atoms. The van der Waals surface area contributed by atoms with Crippen molar-refractivity contribution in [1.82, 2.24) is 4.90 Å². The number of carbonyl (C=O) groups excluding carboxylic acids is 2. The molecule has 2 aliphatic rings. The Kier molecular flexibility index (Phi) is 3.74. The van der Waals surface area contributed by atoms with E-state index in [-0.39, 0.29) is 23.7 Å². The van der Waals surface area contributed by atoms with Gasteiger partial charge in [0.1, 0.15) is 0 Å². The minimum absolute atomic E-state index is 0.108. The summed E-state index contributed by atoms with van der Waals surface area (Å²) in [6.45, 7) is 1.26. The Hall–Kier alpha value is -0.710. The summed E-state index contributed by atoms with van der Waals surface area (Å²) in [6, 6.07) is 0. The summed E-state index contributed by atoms with van der Waals surface area (Å²) in [5.41, 5.74) is 0. The molecule has 2 aliphatic heterocycles. The Bertz CT molecular complexity index is 289. The number of nitrogens with zero attached hydrogens (tertiary/aromatic N) is 1. The summed E-state index contributed by atoms with van der Waals surface area (Å²) in [5, 5.41) is 0. The van der Waals surface area contributed by atoms with E-state index in [0.717, 1.165) is 24.3 Å². The average molecular weight is 243 g/mol. The van der Waals surface area contributed by atoms with Crippen molar-refractivity contribution in [3.63, 3.8) is 0 Å². The van der Waals surface area contributed by atoms with Crippen LogP contribution in [0, 0.1) is 11.8 Å². The fourth-order valence-electron chi connectivity index (χ4n) is 2.31. The van der Waals surface area contributed by atoms with Crippen molar-refractivity contribution in [2.45, 2.75) is 12.8 Å². The number of rotatable bonds is 2. The van der Waals surface area contributed by atoms with Gasteiger partial charge >= 0.3 is 5.97 Å². The zero-order valence-corrected chi connectivity index (χ0v) is 10.3. The van der Waals surface area contributed by atoms with Crippen LogP contribution >= 0.6 is 11.8 Å². The molecule has 0 aliphatic carbocycles. The maximum absolute atomic E-state index is 12.1. The number of esters is 1. The molecule has 4 nitrogen and oxygen atoms in total. The fourth-order valence-corrected chi connectivity index (χ4v) is 3.52. The van der Waals surface area contributed by atoms with E-state index in [2.05, 4.69) is 0 Å². The molecule has 2 heterocycles. The van der Waals surface area contributed by atoms with E-state index in [1.54, 1.807) is 0 Å². The Morgan fingerprint density at radius 2 is 2.12 bits per heavy atom. The van der Waals surface area contributed by atoms with Crippen LogP contribution in [0.3, 0.4) is 0 Å². The van der Waals surface area contributed by atoms with Gasteiger partial charge in [-0.05, 0) is 18.6 Å². The molecule has 2 unspecified atom stereocenters. The van der Waals surface area contributed by atoms with Gasteiger partial charge < -0.3 is 9.64 Å². The van der Waals surface area contributed by atoms with E-state index in [4.69, 9.17) is 4.74 Å². The highest BCUT2D eigenvalue weighted by Crippen LogP contribution is 2.27. The van der Waals surface area contributed by atoms with Gasteiger partial charge in [0, 0.05) is 24.8 Å². The first kappa shape index (κ1) is 11.8. The van der Waals surface area contributed by atoms with Gasteiger partial charge in [0.15, 0.2) is 0 Å². The molecule has 0 saturated carbocycles. The average Bonchev–Trinajstić information content (AvgIpc) is 2.97. The topological polar surface area (TPSA) is 46.6 Å². The first-order valence-electron chi connectivity index (χ1n) is 5.66. The Morgan fingerprint density at radius 1 is 1.31 bits per heavy atom. The second-order valence-corrected chi connectivity index (χ2v) is 5.50. The van der Waals surface area contributed by atoms with E-state index in [9.17, 15) is 9.59 Å². The predicted octanol–water partition coefficient (Wildman–Crippen LogP) is 0.761. The highest BCUT2D eigenvalue weighted by molar-refractivity contribution is 7.99. The van der Waals surface area contributed by atoms with Crippen LogP contribution in [0.2, 0.25) is 0 Å². The number of hydrogen-bond donors (Lipinski definition) is 0. The van der Waals surface area contributed by atoms with Crippen LogP contribution in [0.1, 0.15) is 12.8 Å². The third-order valence-electron chi connectivity index (χ3n) is 3.31. The lowest BCUT2D eigenvalue weighted by Gasteiger charge is -2.19. The van der Waals surface area contributed by atoms with Gasteiger partial charge in [0.05, 0.1) is 13.0 Å². The van der Waals surface area contributed by atoms with Gasteiger partial charge in [-0.1, -0.05) is 0 Å². The van der Waals surface area contributed by atoms with Crippen molar-refractivity contribution in [1.29, 1.82) is 0 Å². The molecule has 0 aromatic heterocycles. The summed E-state index contributed by atoms with van der Waals surface area (Å²) in [4.78, 5) is 25.2.